The fraction of sp³-hybridized carbons (Fsp3) is 0.412. The van der Waals surface area contributed by atoms with Crippen molar-refractivity contribution in [2.24, 2.45) is 11.8 Å². The van der Waals surface area contributed by atoms with Crippen LogP contribution in [0.4, 0.5) is 4.79 Å². The molecule has 0 saturated heterocycles. The van der Waals surface area contributed by atoms with Crippen LogP contribution in [0.1, 0.15) is 24.8 Å². The van der Waals surface area contributed by atoms with Gasteiger partial charge in [-0.1, -0.05) is 30.3 Å². The molecule has 1 aliphatic rings. The van der Waals surface area contributed by atoms with Gasteiger partial charge in [0.1, 0.15) is 6.61 Å². The minimum atomic E-state index is -1.20. The zero-order chi connectivity index (χ0) is 16.7. The lowest BCUT2D eigenvalue weighted by atomic mass is 9.95. The lowest BCUT2D eigenvalue weighted by Crippen LogP contribution is -2.30. The van der Waals surface area contributed by atoms with Gasteiger partial charge in [-0.05, 0) is 18.4 Å². The molecular weight excluding hydrogens is 296 g/mol. The number of ether oxygens (including phenoxy) is 1. The minimum Gasteiger partial charge on any atom is -0.445 e. The van der Waals surface area contributed by atoms with Crippen molar-refractivity contribution in [2.75, 3.05) is 6.54 Å². The zero-order valence-corrected chi connectivity index (χ0v) is 12.7. The summed E-state index contributed by atoms with van der Waals surface area (Å²) in [6, 6.07) is 11.0. The molecule has 1 amide bonds. The van der Waals surface area contributed by atoms with E-state index in [1.165, 1.54) is 0 Å². The number of benzene rings is 1. The third-order valence-electron chi connectivity index (χ3n) is 3.57. The van der Waals surface area contributed by atoms with Crippen molar-refractivity contribution < 1.29 is 19.1 Å². The third-order valence-corrected chi connectivity index (χ3v) is 3.57. The highest BCUT2D eigenvalue weighted by Gasteiger charge is 2.37. The van der Waals surface area contributed by atoms with Crippen LogP contribution in [0.2, 0.25) is 0 Å². The SMILES string of the molecule is N#CC(C(=O)CCNC(=O)OCc1ccccc1)C(=O)C1CC1. The Bertz CT molecular complexity index is 617. The first-order valence-electron chi connectivity index (χ1n) is 7.52. The summed E-state index contributed by atoms with van der Waals surface area (Å²) in [5.74, 6) is -2.08. The number of Topliss-reactive ketones (excluding diaryl/α,β-unsaturated/α-hetero) is 2. The molecular formula is C17H18N2O4. The van der Waals surface area contributed by atoms with E-state index in [1.807, 2.05) is 30.3 Å². The van der Waals surface area contributed by atoms with Crippen LogP contribution in [0.25, 0.3) is 0 Å². The Balaban J connectivity index is 1.67. The number of hydrogen-bond donors (Lipinski definition) is 1. The summed E-state index contributed by atoms with van der Waals surface area (Å²) >= 11 is 0. The molecule has 1 unspecified atom stereocenters. The highest BCUT2D eigenvalue weighted by Crippen LogP contribution is 2.32. The Morgan fingerprint density at radius 1 is 1.26 bits per heavy atom. The number of amides is 1. The number of nitrogens with one attached hydrogen (secondary N) is 1. The normalized spacial score (nSPS) is 14.4. The van der Waals surface area contributed by atoms with Crippen molar-refractivity contribution in [2.45, 2.75) is 25.9 Å². The average molecular weight is 314 g/mol. The molecule has 1 aromatic carbocycles. The van der Waals surface area contributed by atoms with Crippen molar-refractivity contribution in [3.63, 3.8) is 0 Å². The van der Waals surface area contributed by atoms with Gasteiger partial charge in [-0.25, -0.2) is 4.79 Å². The second-order valence-electron chi connectivity index (χ2n) is 5.44. The summed E-state index contributed by atoms with van der Waals surface area (Å²) in [7, 11) is 0. The van der Waals surface area contributed by atoms with Crippen LogP contribution in [0, 0.1) is 23.2 Å². The molecule has 6 heteroatoms. The highest BCUT2D eigenvalue weighted by atomic mass is 16.5. The van der Waals surface area contributed by atoms with E-state index in [0.717, 1.165) is 18.4 Å². The van der Waals surface area contributed by atoms with E-state index in [-0.39, 0.29) is 31.3 Å². The van der Waals surface area contributed by atoms with Gasteiger partial charge in [0.15, 0.2) is 17.5 Å². The first kappa shape index (κ1) is 16.7. The van der Waals surface area contributed by atoms with Crippen molar-refractivity contribution in [1.82, 2.24) is 5.32 Å². The summed E-state index contributed by atoms with van der Waals surface area (Å²) in [5.41, 5.74) is 0.860. The summed E-state index contributed by atoms with van der Waals surface area (Å²) < 4.78 is 5.00. The summed E-state index contributed by atoms with van der Waals surface area (Å²) in [6.45, 7) is 0.185. The zero-order valence-electron chi connectivity index (χ0n) is 12.7. The Morgan fingerprint density at radius 3 is 2.57 bits per heavy atom. The molecule has 1 N–H and O–H groups in total. The molecule has 0 aromatic heterocycles. The molecule has 0 bridgehead atoms. The van der Waals surface area contributed by atoms with Gasteiger partial charge in [-0.2, -0.15) is 5.26 Å². The fourth-order valence-corrected chi connectivity index (χ4v) is 2.10. The number of carbonyl (C=O) groups is 3. The van der Waals surface area contributed by atoms with Crippen LogP contribution in [0.3, 0.4) is 0 Å². The Kier molecular flexibility index (Phi) is 5.87. The smallest absolute Gasteiger partial charge is 0.407 e. The molecule has 1 fully saturated rings. The summed E-state index contributed by atoms with van der Waals surface area (Å²) in [5, 5.41) is 11.4. The van der Waals surface area contributed by atoms with Gasteiger partial charge in [0, 0.05) is 18.9 Å². The number of nitriles is 1. The molecule has 1 aromatic rings. The van der Waals surface area contributed by atoms with Crippen LogP contribution in [-0.2, 0) is 20.9 Å². The van der Waals surface area contributed by atoms with E-state index in [9.17, 15) is 14.4 Å². The number of nitrogens with zero attached hydrogens (tertiary/aromatic N) is 1. The fourth-order valence-electron chi connectivity index (χ4n) is 2.10. The molecule has 1 atom stereocenters. The highest BCUT2D eigenvalue weighted by molar-refractivity contribution is 6.06. The molecule has 120 valence electrons. The average Bonchev–Trinajstić information content (AvgIpc) is 3.39. The molecule has 23 heavy (non-hydrogen) atoms. The van der Waals surface area contributed by atoms with Crippen molar-refractivity contribution in [3.05, 3.63) is 35.9 Å². The molecule has 6 nitrogen and oxygen atoms in total. The number of carbonyl (C=O) groups excluding carboxylic acids is 3. The Labute approximate surface area is 134 Å². The van der Waals surface area contributed by atoms with E-state index < -0.39 is 17.8 Å². The molecule has 0 aliphatic heterocycles. The van der Waals surface area contributed by atoms with E-state index in [1.54, 1.807) is 6.07 Å². The van der Waals surface area contributed by atoms with Gasteiger partial charge in [-0.3, -0.25) is 9.59 Å². The van der Waals surface area contributed by atoms with Crippen molar-refractivity contribution >= 4 is 17.7 Å². The van der Waals surface area contributed by atoms with Gasteiger partial charge in [-0.15, -0.1) is 0 Å². The summed E-state index contributed by atoms with van der Waals surface area (Å²) in [6.07, 6.45) is 0.823. The quantitative estimate of drug-likeness (QED) is 0.740. The molecule has 1 saturated carbocycles. The standard InChI is InChI=1S/C17H18N2O4/c18-10-14(16(21)13-6-7-13)15(20)8-9-19-17(22)23-11-12-4-2-1-3-5-12/h1-5,13-14H,6-9,11H2,(H,19,22). The number of hydrogen-bond acceptors (Lipinski definition) is 5. The van der Waals surface area contributed by atoms with E-state index in [2.05, 4.69) is 5.32 Å². The van der Waals surface area contributed by atoms with Gasteiger partial charge in [0.2, 0.25) is 0 Å². The Hall–Kier alpha value is -2.68. The maximum atomic E-state index is 11.9. The monoisotopic (exact) mass is 314 g/mol. The topological polar surface area (TPSA) is 96.3 Å². The molecule has 0 heterocycles. The van der Waals surface area contributed by atoms with Crippen LogP contribution >= 0.6 is 0 Å². The van der Waals surface area contributed by atoms with Gasteiger partial charge < -0.3 is 10.1 Å². The van der Waals surface area contributed by atoms with Gasteiger partial charge in [0.05, 0.1) is 6.07 Å². The molecule has 0 radical (unpaired) electrons. The van der Waals surface area contributed by atoms with Crippen LogP contribution in [-0.4, -0.2) is 24.2 Å². The van der Waals surface area contributed by atoms with E-state index in [0.29, 0.717) is 0 Å². The second kappa shape index (κ2) is 8.08. The van der Waals surface area contributed by atoms with Crippen molar-refractivity contribution in [3.8, 4) is 6.07 Å². The predicted octanol–water partition coefficient (Wildman–Crippen LogP) is 1.99. The number of alkyl carbamates (subject to hydrolysis) is 1. The lowest BCUT2D eigenvalue weighted by molar-refractivity contribution is -0.131. The van der Waals surface area contributed by atoms with E-state index in [4.69, 9.17) is 10.00 Å². The Morgan fingerprint density at radius 2 is 1.96 bits per heavy atom. The maximum absolute atomic E-state index is 11.9. The van der Waals surface area contributed by atoms with Crippen LogP contribution < -0.4 is 5.32 Å². The molecule has 1 aliphatic carbocycles. The number of ketones is 2. The van der Waals surface area contributed by atoms with Gasteiger partial charge in [0.25, 0.3) is 0 Å². The molecule has 2 rings (SSSR count). The largest absolute Gasteiger partial charge is 0.445 e. The predicted molar refractivity (Wildman–Crippen MR) is 81.1 cm³/mol. The first-order valence-corrected chi connectivity index (χ1v) is 7.52. The molecule has 0 spiro atoms. The van der Waals surface area contributed by atoms with E-state index >= 15 is 0 Å². The van der Waals surface area contributed by atoms with Gasteiger partial charge >= 0.3 is 6.09 Å². The van der Waals surface area contributed by atoms with Crippen LogP contribution in [0.15, 0.2) is 30.3 Å². The number of rotatable bonds is 8. The van der Waals surface area contributed by atoms with Crippen molar-refractivity contribution in [1.29, 1.82) is 5.26 Å². The van der Waals surface area contributed by atoms with Crippen LogP contribution in [0.5, 0.6) is 0 Å². The maximum Gasteiger partial charge on any atom is 0.407 e. The third kappa shape index (κ3) is 5.22. The minimum absolute atomic E-state index is 0.0442. The first-order chi connectivity index (χ1) is 11.1. The lowest BCUT2D eigenvalue weighted by Gasteiger charge is -2.08. The summed E-state index contributed by atoms with van der Waals surface area (Å²) in [4.78, 5) is 35.2. The second-order valence-corrected chi connectivity index (χ2v) is 5.44.